The molecule has 2 atom stereocenters. The van der Waals surface area contributed by atoms with E-state index in [9.17, 15) is 0 Å². The molecule has 0 aromatic heterocycles. The van der Waals surface area contributed by atoms with Crippen LogP contribution >= 0.6 is 0 Å². The third-order valence-corrected chi connectivity index (χ3v) is 3.22. The highest BCUT2D eigenvalue weighted by atomic mass is 16.5. The van der Waals surface area contributed by atoms with Gasteiger partial charge in [-0.2, -0.15) is 0 Å². The van der Waals surface area contributed by atoms with Crippen LogP contribution in [0.4, 0.5) is 0 Å². The minimum Gasteiger partial charge on any atom is -0.357 e. The molecule has 0 saturated carbocycles. The Morgan fingerprint density at radius 2 is 2.06 bits per heavy atom. The Kier molecular flexibility index (Phi) is 4.37. The van der Waals surface area contributed by atoms with Gasteiger partial charge >= 0.3 is 0 Å². The fourth-order valence-corrected chi connectivity index (χ4v) is 2.31. The molecule has 0 aliphatic carbocycles. The second-order valence-corrected chi connectivity index (χ2v) is 4.45. The largest absolute Gasteiger partial charge is 0.357 e. The molecule has 1 aliphatic rings. The summed E-state index contributed by atoms with van der Waals surface area (Å²) in [4.78, 5) is 0. The summed E-state index contributed by atoms with van der Waals surface area (Å²) in [5.74, 6) is 0. The van der Waals surface area contributed by atoms with Crippen LogP contribution in [0.3, 0.4) is 0 Å². The molecule has 0 spiro atoms. The van der Waals surface area contributed by atoms with Gasteiger partial charge in [-0.3, -0.25) is 5.32 Å². The average Bonchev–Trinajstić information content (AvgIpc) is 2.79. The fourth-order valence-electron chi connectivity index (χ4n) is 2.31. The van der Waals surface area contributed by atoms with Crippen LogP contribution in [0.2, 0.25) is 0 Å². The summed E-state index contributed by atoms with van der Waals surface area (Å²) in [6.45, 7) is 2.93. The second-order valence-electron chi connectivity index (χ2n) is 4.45. The van der Waals surface area contributed by atoms with Crippen LogP contribution in [0.15, 0.2) is 30.3 Å². The van der Waals surface area contributed by atoms with E-state index in [0.717, 1.165) is 0 Å². The monoisotopic (exact) mass is 219 g/mol. The van der Waals surface area contributed by atoms with E-state index < -0.39 is 0 Å². The van der Waals surface area contributed by atoms with E-state index in [-0.39, 0.29) is 6.10 Å². The summed E-state index contributed by atoms with van der Waals surface area (Å²) < 4.78 is 5.77. The van der Waals surface area contributed by atoms with Crippen molar-refractivity contribution in [2.75, 3.05) is 6.73 Å². The molecule has 1 saturated heterocycles. The zero-order valence-corrected chi connectivity index (χ0v) is 9.99. The quantitative estimate of drug-likeness (QED) is 0.767. The zero-order valence-electron chi connectivity index (χ0n) is 9.99. The van der Waals surface area contributed by atoms with E-state index in [2.05, 4.69) is 42.6 Å². The average molecular weight is 219 g/mol. The zero-order chi connectivity index (χ0) is 11.2. The first-order valence-corrected chi connectivity index (χ1v) is 6.31. The van der Waals surface area contributed by atoms with E-state index in [4.69, 9.17) is 4.74 Å². The summed E-state index contributed by atoms with van der Waals surface area (Å²) in [6, 6.07) is 11.0. The summed E-state index contributed by atoms with van der Waals surface area (Å²) in [5.41, 5.74) is 1.30. The van der Waals surface area contributed by atoms with Crippen molar-refractivity contribution >= 4 is 0 Å². The molecular weight excluding hydrogens is 198 g/mol. The Morgan fingerprint density at radius 3 is 2.81 bits per heavy atom. The fraction of sp³-hybridized carbons (Fsp3) is 0.571. The van der Waals surface area contributed by atoms with E-state index in [1.54, 1.807) is 0 Å². The van der Waals surface area contributed by atoms with Gasteiger partial charge in [0, 0.05) is 6.04 Å². The molecule has 0 unspecified atom stereocenters. The van der Waals surface area contributed by atoms with Crippen LogP contribution in [0.5, 0.6) is 0 Å². The van der Waals surface area contributed by atoms with Gasteiger partial charge in [0.15, 0.2) is 0 Å². The molecule has 0 bridgehead atoms. The lowest BCUT2D eigenvalue weighted by atomic mass is 9.98. The number of rotatable bonds is 5. The smallest absolute Gasteiger partial charge is 0.0996 e. The minimum absolute atomic E-state index is 0.248. The van der Waals surface area contributed by atoms with Crippen molar-refractivity contribution in [3.05, 3.63) is 35.9 Å². The van der Waals surface area contributed by atoms with Gasteiger partial charge < -0.3 is 4.74 Å². The molecule has 0 amide bonds. The summed E-state index contributed by atoms with van der Waals surface area (Å²) in [5, 5.41) is 3.44. The van der Waals surface area contributed by atoms with Gasteiger partial charge in [0.1, 0.15) is 0 Å². The lowest BCUT2D eigenvalue weighted by Gasteiger charge is -2.18. The molecule has 0 radical (unpaired) electrons. The first-order chi connectivity index (χ1) is 7.92. The number of hydrogen-bond donors (Lipinski definition) is 1. The molecule has 1 heterocycles. The van der Waals surface area contributed by atoms with E-state index in [1.807, 2.05) is 0 Å². The highest BCUT2D eigenvalue weighted by molar-refractivity contribution is 5.19. The van der Waals surface area contributed by atoms with Crippen LogP contribution < -0.4 is 5.32 Å². The number of nitrogens with one attached hydrogen (secondary N) is 1. The lowest BCUT2D eigenvalue weighted by Crippen LogP contribution is -2.25. The van der Waals surface area contributed by atoms with Gasteiger partial charge in [-0.1, -0.05) is 56.5 Å². The summed E-state index contributed by atoms with van der Waals surface area (Å²) >= 11 is 0. The molecule has 2 nitrogen and oxygen atoms in total. The van der Waals surface area contributed by atoms with Crippen molar-refractivity contribution in [1.29, 1.82) is 0 Å². The molecule has 88 valence electrons. The maximum atomic E-state index is 5.77. The maximum Gasteiger partial charge on any atom is 0.0996 e. The van der Waals surface area contributed by atoms with Crippen molar-refractivity contribution in [2.45, 2.75) is 44.8 Å². The molecule has 16 heavy (non-hydrogen) atoms. The molecule has 1 aromatic carbocycles. The predicted octanol–water partition coefficient (Wildman–Crippen LogP) is 3.25. The van der Waals surface area contributed by atoms with Crippen LogP contribution in [0.1, 0.15) is 44.3 Å². The van der Waals surface area contributed by atoms with E-state index >= 15 is 0 Å². The van der Waals surface area contributed by atoms with Gasteiger partial charge in [-0.15, -0.1) is 0 Å². The summed E-state index contributed by atoms with van der Waals surface area (Å²) in [7, 11) is 0. The lowest BCUT2D eigenvalue weighted by molar-refractivity contribution is 0.101. The van der Waals surface area contributed by atoms with Crippen molar-refractivity contribution in [3.8, 4) is 0 Å². The first kappa shape index (κ1) is 11.6. The van der Waals surface area contributed by atoms with E-state index in [0.29, 0.717) is 12.8 Å². The molecule has 1 aromatic rings. The van der Waals surface area contributed by atoms with Crippen molar-refractivity contribution in [1.82, 2.24) is 5.32 Å². The molecule has 1 aliphatic heterocycles. The Bertz CT molecular complexity index is 299. The number of unbranched alkanes of at least 4 members (excludes halogenated alkanes) is 2. The number of benzene rings is 1. The van der Waals surface area contributed by atoms with Gasteiger partial charge in [-0.05, 0) is 12.0 Å². The number of hydrogen-bond acceptors (Lipinski definition) is 2. The molecular formula is C14H21NO. The number of ether oxygens (including phenoxy) is 1. The second kappa shape index (κ2) is 6.02. The predicted molar refractivity (Wildman–Crippen MR) is 66.2 cm³/mol. The molecule has 1 N–H and O–H groups in total. The van der Waals surface area contributed by atoms with Crippen LogP contribution in [0, 0.1) is 0 Å². The minimum atomic E-state index is 0.248. The Balaban J connectivity index is 1.93. The van der Waals surface area contributed by atoms with Gasteiger partial charge in [0.25, 0.3) is 0 Å². The molecule has 1 fully saturated rings. The standard InChI is InChI=1S/C14H21NO/c1-2-3-5-10-13-14(16-11-15-13)12-8-6-4-7-9-12/h4,6-9,13-15H,2-3,5,10-11H2,1H3/t13-,14+/m1/s1. The van der Waals surface area contributed by atoms with Crippen LogP contribution in [0.25, 0.3) is 0 Å². The molecule has 2 heteroatoms. The third-order valence-electron chi connectivity index (χ3n) is 3.22. The Hall–Kier alpha value is -0.860. The van der Waals surface area contributed by atoms with Crippen molar-refractivity contribution in [3.63, 3.8) is 0 Å². The maximum absolute atomic E-state index is 5.77. The third kappa shape index (κ3) is 2.83. The van der Waals surface area contributed by atoms with Gasteiger partial charge in [0.05, 0.1) is 12.8 Å². The Morgan fingerprint density at radius 1 is 1.25 bits per heavy atom. The van der Waals surface area contributed by atoms with Crippen molar-refractivity contribution < 1.29 is 4.74 Å². The highest BCUT2D eigenvalue weighted by Gasteiger charge is 2.28. The first-order valence-electron chi connectivity index (χ1n) is 6.31. The van der Waals surface area contributed by atoms with Gasteiger partial charge in [0.2, 0.25) is 0 Å². The van der Waals surface area contributed by atoms with Gasteiger partial charge in [-0.25, -0.2) is 0 Å². The van der Waals surface area contributed by atoms with Crippen LogP contribution in [-0.2, 0) is 4.74 Å². The Labute approximate surface area is 98.0 Å². The highest BCUT2D eigenvalue weighted by Crippen LogP contribution is 2.27. The topological polar surface area (TPSA) is 21.3 Å². The summed E-state index contributed by atoms with van der Waals surface area (Å²) in [6.07, 6.45) is 5.36. The normalized spacial score (nSPS) is 24.8. The van der Waals surface area contributed by atoms with Crippen molar-refractivity contribution in [2.24, 2.45) is 0 Å². The molecule has 2 rings (SSSR count). The van der Waals surface area contributed by atoms with E-state index in [1.165, 1.54) is 31.2 Å². The SMILES string of the molecule is CCCCC[C@H]1NCO[C@H]1c1ccccc1. The van der Waals surface area contributed by atoms with Crippen LogP contribution in [-0.4, -0.2) is 12.8 Å².